The molecule has 0 unspecified atom stereocenters. The topological polar surface area (TPSA) is 66.5 Å². The van der Waals surface area contributed by atoms with Crippen LogP contribution in [0.15, 0.2) is 0 Å². The molecule has 0 radical (unpaired) electrons. The quantitative estimate of drug-likeness (QED) is 0.546. The van der Waals surface area contributed by atoms with E-state index < -0.39 is 11.8 Å². The number of nitrogens with one attached hydrogen (secondary N) is 1. The van der Waals surface area contributed by atoms with E-state index in [1.807, 2.05) is 0 Å². The molecule has 1 heterocycles. The Bertz CT molecular complexity index is 278. The number of rotatable bonds is 5. The lowest BCUT2D eigenvalue weighted by Crippen LogP contribution is -2.53. The number of nitrogens with zero attached hydrogens (tertiary/aromatic N) is 1. The molecular weight excluding hydrogens is 228 g/mol. The predicted octanol–water partition coefficient (Wildman–Crippen LogP) is 0.00470. The Labute approximate surface area is 98.9 Å². The van der Waals surface area contributed by atoms with Gasteiger partial charge >= 0.3 is 0 Å². The van der Waals surface area contributed by atoms with Crippen molar-refractivity contribution in [1.82, 2.24) is 10.2 Å². The molecule has 1 aliphatic heterocycles. The van der Waals surface area contributed by atoms with E-state index in [4.69, 9.17) is 0 Å². The van der Waals surface area contributed by atoms with Crippen LogP contribution in [0.1, 0.15) is 19.8 Å². The first-order chi connectivity index (χ1) is 7.63. The second-order valence-electron chi connectivity index (χ2n) is 3.63. The zero-order valence-electron chi connectivity index (χ0n) is 9.32. The van der Waals surface area contributed by atoms with Gasteiger partial charge in [0.15, 0.2) is 0 Å². The molecule has 0 atom stereocenters. The third kappa shape index (κ3) is 4.22. The molecule has 1 saturated heterocycles. The largest absolute Gasteiger partial charge is 0.323 e. The van der Waals surface area contributed by atoms with Gasteiger partial charge < -0.3 is 4.90 Å². The minimum Gasteiger partial charge on any atom is -0.323 e. The van der Waals surface area contributed by atoms with Crippen molar-refractivity contribution in [3.63, 3.8) is 0 Å². The minimum atomic E-state index is -0.400. The first-order valence-corrected chi connectivity index (χ1v) is 6.47. The molecule has 0 aliphatic carbocycles. The van der Waals surface area contributed by atoms with Gasteiger partial charge in [0.1, 0.15) is 13.1 Å². The molecule has 16 heavy (non-hydrogen) atoms. The molecule has 0 aromatic rings. The predicted molar refractivity (Wildman–Crippen MR) is 62.0 cm³/mol. The molecule has 5 nitrogen and oxygen atoms in total. The van der Waals surface area contributed by atoms with Gasteiger partial charge in [0.2, 0.25) is 17.7 Å². The molecule has 0 aromatic carbocycles. The number of carbonyl (C=O) groups excluding carboxylic acids is 3. The van der Waals surface area contributed by atoms with Crippen molar-refractivity contribution in [2.75, 3.05) is 24.6 Å². The van der Waals surface area contributed by atoms with Crippen molar-refractivity contribution in [3.8, 4) is 0 Å². The van der Waals surface area contributed by atoms with E-state index in [1.165, 1.54) is 4.90 Å². The highest BCUT2D eigenvalue weighted by Gasteiger charge is 2.25. The van der Waals surface area contributed by atoms with Crippen LogP contribution in [0.2, 0.25) is 0 Å². The molecule has 6 heteroatoms. The fourth-order valence-electron chi connectivity index (χ4n) is 1.31. The number of amides is 3. The standard InChI is InChI=1S/C10H16N2O3S/c1-2-3-4-16-7-10(15)12-5-8(13)11-9(14)6-12/h2-7H2,1H3,(H,11,13,14). The zero-order chi connectivity index (χ0) is 12.0. The van der Waals surface area contributed by atoms with Gasteiger partial charge in [0.05, 0.1) is 5.75 Å². The third-order valence-electron chi connectivity index (χ3n) is 2.17. The summed E-state index contributed by atoms with van der Waals surface area (Å²) in [7, 11) is 0. The first kappa shape index (κ1) is 13.0. The summed E-state index contributed by atoms with van der Waals surface area (Å²) < 4.78 is 0. The smallest absolute Gasteiger partial charge is 0.246 e. The molecule has 1 fully saturated rings. The lowest BCUT2D eigenvalue weighted by molar-refractivity contribution is -0.144. The third-order valence-corrected chi connectivity index (χ3v) is 3.20. The zero-order valence-corrected chi connectivity index (χ0v) is 10.1. The summed E-state index contributed by atoms with van der Waals surface area (Å²) in [6.45, 7) is 2.09. The van der Waals surface area contributed by atoms with Crippen LogP contribution in [0.3, 0.4) is 0 Å². The molecule has 0 saturated carbocycles. The normalized spacial score (nSPS) is 16.2. The highest BCUT2D eigenvalue weighted by Crippen LogP contribution is 2.07. The second kappa shape index (κ2) is 6.52. The van der Waals surface area contributed by atoms with Gasteiger partial charge in [-0.3, -0.25) is 19.7 Å². The number of hydrogen-bond acceptors (Lipinski definition) is 4. The molecule has 0 bridgehead atoms. The Balaban J connectivity index is 2.30. The van der Waals surface area contributed by atoms with Crippen molar-refractivity contribution in [2.45, 2.75) is 19.8 Å². The number of carbonyl (C=O) groups is 3. The lowest BCUT2D eigenvalue weighted by Gasteiger charge is -2.25. The number of thioether (sulfide) groups is 1. The van der Waals surface area contributed by atoms with Gasteiger partial charge in [0.25, 0.3) is 0 Å². The average Bonchev–Trinajstić information content (AvgIpc) is 2.22. The number of hydrogen-bond donors (Lipinski definition) is 1. The van der Waals surface area contributed by atoms with Crippen molar-refractivity contribution < 1.29 is 14.4 Å². The maximum atomic E-state index is 11.6. The van der Waals surface area contributed by atoms with Crippen molar-refractivity contribution in [1.29, 1.82) is 0 Å². The van der Waals surface area contributed by atoms with Crippen LogP contribution in [-0.4, -0.2) is 47.2 Å². The summed E-state index contributed by atoms with van der Waals surface area (Å²) in [6.07, 6.45) is 2.18. The van der Waals surface area contributed by atoms with Crippen LogP contribution >= 0.6 is 11.8 Å². The molecule has 90 valence electrons. The number of imide groups is 1. The maximum absolute atomic E-state index is 11.6. The van der Waals surface area contributed by atoms with E-state index in [0.717, 1.165) is 18.6 Å². The molecule has 1 N–H and O–H groups in total. The van der Waals surface area contributed by atoms with E-state index in [-0.39, 0.29) is 19.0 Å². The SMILES string of the molecule is CCCCSCC(=O)N1CC(=O)NC(=O)C1. The van der Waals surface area contributed by atoms with Gasteiger partial charge in [0, 0.05) is 0 Å². The minimum absolute atomic E-state index is 0.00108. The Morgan fingerprint density at radius 1 is 1.38 bits per heavy atom. The van der Waals surface area contributed by atoms with Crippen molar-refractivity contribution in [2.24, 2.45) is 0 Å². The van der Waals surface area contributed by atoms with E-state index in [0.29, 0.717) is 5.75 Å². The van der Waals surface area contributed by atoms with Gasteiger partial charge in [-0.05, 0) is 12.2 Å². The van der Waals surface area contributed by atoms with E-state index in [1.54, 1.807) is 11.8 Å². The van der Waals surface area contributed by atoms with E-state index >= 15 is 0 Å². The summed E-state index contributed by atoms with van der Waals surface area (Å²) in [4.78, 5) is 35.0. The summed E-state index contributed by atoms with van der Waals surface area (Å²) in [5.74, 6) is 0.354. The first-order valence-electron chi connectivity index (χ1n) is 5.31. The molecule has 0 spiro atoms. The van der Waals surface area contributed by atoms with Gasteiger partial charge in [-0.15, -0.1) is 0 Å². The second-order valence-corrected chi connectivity index (χ2v) is 4.73. The van der Waals surface area contributed by atoms with Crippen LogP contribution in [0, 0.1) is 0 Å². The van der Waals surface area contributed by atoms with Gasteiger partial charge in [-0.2, -0.15) is 11.8 Å². The Hall–Kier alpha value is -1.04. The van der Waals surface area contributed by atoms with Crippen molar-refractivity contribution >= 4 is 29.5 Å². The van der Waals surface area contributed by atoms with E-state index in [2.05, 4.69) is 12.2 Å². The fraction of sp³-hybridized carbons (Fsp3) is 0.700. The Kier molecular flexibility index (Phi) is 5.31. The summed E-state index contributed by atoms with van der Waals surface area (Å²) in [5, 5.41) is 2.16. The van der Waals surface area contributed by atoms with Crippen LogP contribution in [0.4, 0.5) is 0 Å². The molecule has 1 rings (SSSR count). The van der Waals surface area contributed by atoms with Crippen LogP contribution in [-0.2, 0) is 14.4 Å². The highest BCUT2D eigenvalue weighted by molar-refractivity contribution is 7.99. The van der Waals surface area contributed by atoms with Gasteiger partial charge in [-0.25, -0.2) is 0 Å². The van der Waals surface area contributed by atoms with Crippen LogP contribution < -0.4 is 5.32 Å². The van der Waals surface area contributed by atoms with Gasteiger partial charge in [-0.1, -0.05) is 13.3 Å². The summed E-state index contributed by atoms with van der Waals surface area (Å²) in [6, 6.07) is 0. The fourth-order valence-corrected chi connectivity index (χ4v) is 2.31. The van der Waals surface area contributed by atoms with Crippen LogP contribution in [0.25, 0.3) is 0 Å². The average molecular weight is 244 g/mol. The highest BCUT2D eigenvalue weighted by atomic mass is 32.2. The van der Waals surface area contributed by atoms with Crippen LogP contribution in [0.5, 0.6) is 0 Å². The van der Waals surface area contributed by atoms with Crippen molar-refractivity contribution in [3.05, 3.63) is 0 Å². The summed E-state index contributed by atoms with van der Waals surface area (Å²) >= 11 is 1.55. The summed E-state index contributed by atoms with van der Waals surface area (Å²) in [5.41, 5.74) is 0. The van der Waals surface area contributed by atoms with E-state index in [9.17, 15) is 14.4 Å². The molecule has 3 amide bonds. The Morgan fingerprint density at radius 3 is 2.56 bits per heavy atom. The maximum Gasteiger partial charge on any atom is 0.246 e. The Morgan fingerprint density at radius 2 is 2.00 bits per heavy atom. The number of unbranched alkanes of at least 4 members (excludes halogenated alkanes) is 1. The molecule has 1 aliphatic rings. The molecule has 0 aromatic heterocycles. The molecular formula is C10H16N2O3S. The number of piperazine rings is 1. The lowest BCUT2D eigenvalue weighted by atomic mass is 10.3. The monoisotopic (exact) mass is 244 g/mol.